The normalized spacial score (nSPS) is 13.7. The molecule has 3 aromatic rings. The van der Waals surface area contributed by atoms with Gasteiger partial charge in [0.05, 0.1) is 6.61 Å². The standard InChI is InChI=1S/C23H25N3O4/c27-21(28)5-2-14-29-15-16-6-8-17(9-7-16)18-10-12-20(13-11-18)24-23-26-25-22(30-23)19-3-1-4-19/h6-13,19H,1-5,14-15H2,(H,24,26)(H,27,28). The molecule has 0 amide bonds. The topological polar surface area (TPSA) is 97.5 Å². The van der Waals surface area contributed by atoms with E-state index in [1.807, 2.05) is 36.4 Å². The Kier molecular flexibility index (Phi) is 6.39. The molecular formula is C23H25N3O4. The highest BCUT2D eigenvalue weighted by molar-refractivity contribution is 5.67. The molecule has 7 heteroatoms. The first kappa shape index (κ1) is 20.1. The maximum Gasteiger partial charge on any atom is 0.320 e. The van der Waals surface area contributed by atoms with Crippen molar-refractivity contribution in [2.75, 3.05) is 11.9 Å². The predicted molar refractivity (Wildman–Crippen MR) is 113 cm³/mol. The number of aliphatic carboxylic acids is 1. The summed E-state index contributed by atoms with van der Waals surface area (Å²) in [4.78, 5) is 10.5. The van der Waals surface area contributed by atoms with E-state index in [1.165, 1.54) is 6.42 Å². The Morgan fingerprint density at radius 3 is 2.40 bits per heavy atom. The smallest absolute Gasteiger partial charge is 0.320 e. The molecule has 4 rings (SSSR count). The molecule has 0 aliphatic heterocycles. The van der Waals surface area contributed by atoms with Crippen molar-refractivity contribution >= 4 is 17.7 Å². The van der Waals surface area contributed by atoms with E-state index in [0.29, 0.717) is 31.6 Å². The van der Waals surface area contributed by atoms with E-state index < -0.39 is 5.97 Å². The second-order valence-corrected chi connectivity index (χ2v) is 7.52. The van der Waals surface area contributed by atoms with Gasteiger partial charge in [-0.2, -0.15) is 0 Å². The van der Waals surface area contributed by atoms with E-state index in [9.17, 15) is 4.79 Å². The van der Waals surface area contributed by atoms with Crippen LogP contribution in [-0.4, -0.2) is 27.9 Å². The number of hydrogen-bond acceptors (Lipinski definition) is 6. The molecule has 0 radical (unpaired) electrons. The first-order valence-electron chi connectivity index (χ1n) is 10.3. The Balaban J connectivity index is 1.29. The third kappa shape index (κ3) is 5.24. The van der Waals surface area contributed by atoms with E-state index in [-0.39, 0.29) is 6.42 Å². The SMILES string of the molecule is O=C(O)CCCOCc1ccc(-c2ccc(Nc3nnc(C4CCC4)o3)cc2)cc1. The van der Waals surface area contributed by atoms with Gasteiger partial charge in [-0.15, -0.1) is 5.10 Å². The van der Waals surface area contributed by atoms with Gasteiger partial charge in [0.1, 0.15) is 0 Å². The van der Waals surface area contributed by atoms with E-state index >= 15 is 0 Å². The highest BCUT2D eigenvalue weighted by Gasteiger charge is 2.25. The summed E-state index contributed by atoms with van der Waals surface area (Å²) < 4.78 is 11.2. The third-order valence-electron chi connectivity index (χ3n) is 5.27. The maximum atomic E-state index is 10.5. The van der Waals surface area contributed by atoms with E-state index in [4.69, 9.17) is 14.3 Å². The number of carboxylic acid groups (broad SMARTS) is 1. The van der Waals surface area contributed by atoms with Crippen molar-refractivity contribution < 1.29 is 19.1 Å². The van der Waals surface area contributed by atoms with Crippen molar-refractivity contribution in [2.24, 2.45) is 0 Å². The van der Waals surface area contributed by atoms with Crippen molar-refractivity contribution in [3.63, 3.8) is 0 Å². The van der Waals surface area contributed by atoms with Gasteiger partial charge in [0, 0.05) is 24.6 Å². The zero-order chi connectivity index (χ0) is 20.8. The lowest BCUT2D eigenvalue weighted by Crippen LogP contribution is -2.08. The van der Waals surface area contributed by atoms with Gasteiger partial charge in [0.25, 0.3) is 0 Å². The van der Waals surface area contributed by atoms with Crippen LogP contribution in [0.2, 0.25) is 0 Å². The first-order valence-corrected chi connectivity index (χ1v) is 10.3. The molecule has 7 nitrogen and oxygen atoms in total. The van der Waals surface area contributed by atoms with Crippen molar-refractivity contribution in [2.45, 2.75) is 44.6 Å². The van der Waals surface area contributed by atoms with Crippen LogP contribution in [0.4, 0.5) is 11.7 Å². The molecule has 0 unspecified atom stereocenters. The van der Waals surface area contributed by atoms with Crippen molar-refractivity contribution in [1.82, 2.24) is 10.2 Å². The predicted octanol–water partition coefficient (Wildman–Crippen LogP) is 5.13. The minimum absolute atomic E-state index is 0.137. The molecule has 0 saturated heterocycles. The monoisotopic (exact) mass is 407 g/mol. The summed E-state index contributed by atoms with van der Waals surface area (Å²) in [5.74, 6) is 0.361. The minimum atomic E-state index is -0.792. The summed E-state index contributed by atoms with van der Waals surface area (Å²) in [6, 6.07) is 16.7. The Hall–Kier alpha value is -3.19. The fourth-order valence-corrected chi connectivity index (χ4v) is 3.28. The van der Waals surface area contributed by atoms with Crippen LogP contribution in [0.15, 0.2) is 52.9 Å². The van der Waals surface area contributed by atoms with Gasteiger partial charge >= 0.3 is 12.0 Å². The van der Waals surface area contributed by atoms with Crippen LogP contribution in [0.1, 0.15) is 49.5 Å². The average molecular weight is 407 g/mol. The van der Waals surface area contributed by atoms with Crippen LogP contribution in [0.25, 0.3) is 11.1 Å². The average Bonchev–Trinajstić information content (AvgIpc) is 3.15. The highest BCUT2D eigenvalue weighted by Crippen LogP contribution is 2.36. The molecule has 1 aliphatic rings. The van der Waals surface area contributed by atoms with E-state index in [2.05, 4.69) is 27.6 Å². The summed E-state index contributed by atoms with van der Waals surface area (Å²) in [7, 11) is 0. The van der Waals surface area contributed by atoms with Crippen LogP contribution in [-0.2, 0) is 16.1 Å². The number of rotatable bonds is 10. The molecule has 0 atom stereocenters. The number of aromatic nitrogens is 2. The van der Waals surface area contributed by atoms with E-state index in [0.717, 1.165) is 41.1 Å². The summed E-state index contributed by atoms with van der Waals surface area (Å²) in [5.41, 5.74) is 4.18. The summed E-state index contributed by atoms with van der Waals surface area (Å²) in [6.45, 7) is 0.931. The molecule has 1 aliphatic carbocycles. The number of nitrogens with one attached hydrogen (secondary N) is 1. The Labute approximate surface area is 175 Å². The van der Waals surface area contributed by atoms with Gasteiger partial charge in [-0.25, -0.2) is 0 Å². The lowest BCUT2D eigenvalue weighted by atomic mass is 9.85. The number of anilines is 2. The summed E-state index contributed by atoms with van der Waals surface area (Å²) >= 11 is 0. The number of nitrogens with zero attached hydrogens (tertiary/aromatic N) is 2. The molecule has 0 spiro atoms. The van der Waals surface area contributed by atoms with Crippen molar-refractivity contribution in [1.29, 1.82) is 0 Å². The van der Waals surface area contributed by atoms with Gasteiger partial charge in [-0.05, 0) is 48.1 Å². The molecule has 30 heavy (non-hydrogen) atoms. The van der Waals surface area contributed by atoms with Crippen LogP contribution < -0.4 is 5.32 Å². The number of carbonyl (C=O) groups is 1. The van der Waals surface area contributed by atoms with Gasteiger partial charge < -0.3 is 19.6 Å². The largest absolute Gasteiger partial charge is 0.481 e. The number of hydrogen-bond donors (Lipinski definition) is 2. The second-order valence-electron chi connectivity index (χ2n) is 7.52. The summed E-state index contributed by atoms with van der Waals surface area (Å²) in [6.07, 6.45) is 4.16. The molecule has 1 fully saturated rings. The highest BCUT2D eigenvalue weighted by atomic mass is 16.5. The zero-order valence-electron chi connectivity index (χ0n) is 16.7. The fraction of sp³-hybridized carbons (Fsp3) is 0.348. The molecule has 2 aromatic carbocycles. The van der Waals surface area contributed by atoms with Gasteiger partial charge in [0.2, 0.25) is 5.89 Å². The fourth-order valence-electron chi connectivity index (χ4n) is 3.28. The second kappa shape index (κ2) is 9.54. The molecule has 0 bridgehead atoms. The number of carboxylic acids is 1. The van der Waals surface area contributed by atoms with Gasteiger partial charge in [-0.3, -0.25) is 4.79 Å². The number of benzene rings is 2. The lowest BCUT2D eigenvalue weighted by molar-refractivity contribution is -0.137. The lowest BCUT2D eigenvalue weighted by Gasteiger charge is -2.20. The molecule has 2 N–H and O–H groups in total. The Bertz CT molecular complexity index is 963. The van der Waals surface area contributed by atoms with Crippen LogP contribution >= 0.6 is 0 Å². The first-order chi connectivity index (χ1) is 14.7. The zero-order valence-corrected chi connectivity index (χ0v) is 16.7. The quantitative estimate of drug-likeness (QED) is 0.450. The van der Waals surface area contributed by atoms with Gasteiger partial charge in [0.15, 0.2) is 0 Å². The molecular weight excluding hydrogens is 382 g/mol. The van der Waals surface area contributed by atoms with Crippen LogP contribution in [0.5, 0.6) is 0 Å². The molecule has 1 heterocycles. The number of ether oxygens (including phenoxy) is 1. The van der Waals surface area contributed by atoms with Crippen molar-refractivity contribution in [3.8, 4) is 11.1 Å². The van der Waals surface area contributed by atoms with E-state index in [1.54, 1.807) is 0 Å². The summed E-state index contributed by atoms with van der Waals surface area (Å²) in [5, 5.41) is 20.0. The van der Waals surface area contributed by atoms with Gasteiger partial charge in [-0.1, -0.05) is 47.9 Å². The Morgan fingerprint density at radius 1 is 1.07 bits per heavy atom. The minimum Gasteiger partial charge on any atom is -0.481 e. The van der Waals surface area contributed by atoms with Crippen LogP contribution in [0.3, 0.4) is 0 Å². The van der Waals surface area contributed by atoms with Crippen molar-refractivity contribution in [3.05, 3.63) is 60.0 Å². The molecule has 1 saturated carbocycles. The molecule has 156 valence electrons. The maximum absolute atomic E-state index is 10.5. The Morgan fingerprint density at radius 2 is 1.77 bits per heavy atom. The molecule has 1 aromatic heterocycles. The third-order valence-corrected chi connectivity index (χ3v) is 5.27. The van der Waals surface area contributed by atoms with Crippen LogP contribution in [0, 0.1) is 0 Å².